The van der Waals surface area contributed by atoms with Crippen LogP contribution in [0.25, 0.3) is 0 Å². The second-order valence-corrected chi connectivity index (χ2v) is 6.22. The summed E-state index contributed by atoms with van der Waals surface area (Å²) in [6.45, 7) is 8.64. The van der Waals surface area contributed by atoms with Gasteiger partial charge in [-0.2, -0.15) is 0 Å². The van der Waals surface area contributed by atoms with Crippen molar-refractivity contribution >= 4 is 5.91 Å². The molecule has 1 unspecified atom stereocenters. The molecule has 0 spiro atoms. The van der Waals surface area contributed by atoms with Crippen LogP contribution in [0.1, 0.15) is 42.6 Å². The van der Waals surface area contributed by atoms with Gasteiger partial charge < -0.3 is 10.2 Å². The lowest BCUT2D eigenvalue weighted by molar-refractivity contribution is 0.0659. The van der Waals surface area contributed by atoms with Crippen molar-refractivity contribution in [2.45, 2.75) is 39.7 Å². The van der Waals surface area contributed by atoms with E-state index in [1.54, 1.807) is 6.07 Å². The number of carbonyl (C=O) groups excluding carboxylic acids is 1. The SMILES string of the molecule is Cc1ccc(F)cc1C(=O)N(CC1CCCNC1)C(C)C. The number of amides is 1. The van der Waals surface area contributed by atoms with Gasteiger partial charge in [-0.25, -0.2) is 4.39 Å². The van der Waals surface area contributed by atoms with Crippen LogP contribution in [0.2, 0.25) is 0 Å². The highest BCUT2D eigenvalue weighted by Crippen LogP contribution is 2.18. The number of hydrogen-bond donors (Lipinski definition) is 1. The summed E-state index contributed by atoms with van der Waals surface area (Å²) in [4.78, 5) is 14.6. The minimum Gasteiger partial charge on any atom is -0.336 e. The molecule has 0 radical (unpaired) electrons. The van der Waals surface area contributed by atoms with E-state index in [-0.39, 0.29) is 17.8 Å². The molecule has 1 N–H and O–H groups in total. The van der Waals surface area contributed by atoms with Gasteiger partial charge in [0, 0.05) is 18.2 Å². The Balaban J connectivity index is 2.16. The van der Waals surface area contributed by atoms with Gasteiger partial charge in [-0.1, -0.05) is 6.07 Å². The van der Waals surface area contributed by atoms with Gasteiger partial charge in [-0.15, -0.1) is 0 Å². The van der Waals surface area contributed by atoms with Crippen LogP contribution in [0.5, 0.6) is 0 Å². The molecule has 0 aliphatic carbocycles. The fraction of sp³-hybridized carbons (Fsp3) is 0.588. The quantitative estimate of drug-likeness (QED) is 0.925. The monoisotopic (exact) mass is 292 g/mol. The Hall–Kier alpha value is -1.42. The fourth-order valence-corrected chi connectivity index (χ4v) is 2.87. The van der Waals surface area contributed by atoms with Crippen LogP contribution in [-0.2, 0) is 0 Å². The van der Waals surface area contributed by atoms with E-state index in [2.05, 4.69) is 5.32 Å². The Morgan fingerprint density at radius 2 is 2.24 bits per heavy atom. The average Bonchev–Trinajstić information content (AvgIpc) is 2.47. The maximum atomic E-state index is 13.4. The number of aryl methyl sites for hydroxylation is 1. The molecule has 116 valence electrons. The van der Waals surface area contributed by atoms with E-state index < -0.39 is 0 Å². The van der Waals surface area contributed by atoms with Gasteiger partial charge in [-0.05, 0) is 70.3 Å². The predicted octanol–water partition coefficient (Wildman–Crippen LogP) is 2.98. The molecule has 1 aromatic rings. The molecule has 2 rings (SSSR count). The van der Waals surface area contributed by atoms with Crippen LogP contribution in [0.4, 0.5) is 4.39 Å². The van der Waals surface area contributed by atoms with E-state index in [4.69, 9.17) is 0 Å². The summed E-state index contributed by atoms with van der Waals surface area (Å²) in [6, 6.07) is 4.54. The van der Waals surface area contributed by atoms with Crippen LogP contribution in [-0.4, -0.2) is 36.5 Å². The third kappa shape index (κ3) is 4.03. The smallest absolute Gasteiger partial charge is 0.254 e. The van der Waals surface area contributed by atoms with Gasteiger partial charge in [0.2, 0.25) is 0 Å². The van der Waals surface area contributed by atoms with Crippen LogP contribution in [0.3, 0.4) is 0 Å². The zero-order valence-corrected chi connectivity index (χ0v) is 13.2. The molecular weight excluding hydrogens is 267 g/mol. The number of benzene rings is 1. The number of nitrogens with zero attached hydrogens (tertiary/aromatic N) is 1. The zero-order valence-electron chi connectivity index (χ0n) is 13.2. The van der Waals surface area contributed by atoms with Crippen molar-refractivity contribution in [1.29, 1.82) is 0 Å². The summed E-state index contributed by atoms with van der Waals surface area (Å²) in [5.74, 6) is 0.0681. The second-order valence-electron chi connectivity index (χ2n) is 6.22. The molecule has 1 heterocycles. The van der Waals surface area contributed by atoms with Gasteiger partial charge in [0.25, 0.3) is 5.91 Å². The molecular formula is C17H25FN2O. The van der Waals surface area contributed by atoms with Crippen molar-refractivity contribution in [3.63, 3.8) is 0 Å². The summed E-state index contributed by atoms with van der Waals surface area (Å²) in [7, 11) is 0. The number of rotatable bonds is 4. The lowest BCUT2D eigenvalue weighted by Crippen LogP contribution is -2.44. The van der Waals surface area contributed by atoms with Crippen LogP contribution in [0, 0.1) is 18.7 Å². The highest BCUT2D eigenvalue weighted by Gasteiger charge is 2.25. The molecule has 0 bridgehead atoms. The zero-order chi connectivity index (χ0) is 15.4. The van der Waals surface area contributed by atoms with Gasteiger partial charge >= 0.3 is 0 Å². The van der Waals surface area contributed by atoms with Gasteiger partial charge in [0.15, 0.2) is 0 Å². The molecule has 1 aliphatic heterocycles. The average molecular weight is 292 g/mol. The Labute approximate surface area is 126 Å². The molecule has 0 aromatic heterocycles. The summed E-state index contributed by atoms with van der Waals surface area (Å²) in [6.07, 6.45) is 2.30. The first-order chi connectivity index (χ1) is 9.99. The highest BCUT2D eigenvalue weighted by atomic mass is 19.1. The van der Waals surface area contributed by atoms with Crippen molar-refractivity contribution < 1.29 is 9.18 Å². The molecule has 1 fully saturated rings. The summed E-state index contributed by atoms with van der Waals surface area (Å²) >= 11 is 0. The normalized spacial score (nSPS) is 18.8. The summed E-state index contributed by atoms with van der Waals surface area (Å²) in [5, 5.41) is 3.38. The largest absolute Gasteiger partial charge is 0.336 e. The lowest BCUT2D eigenvalue weighted by Gasteiger charge is -2.33. The van der Waals surface area contributed by atoms with E-state index in [0.29, 0.717) is 11.5 Å². The van der Waals surface area contributed by atoms with Gasteiger partial charge in [0.1, 0.15) is 5.82 Å². The van der Waals surface area contributed by atoms with Crippen molar-refractivity contribution in [1.82, 2.24) is 10.2 Å². The van der Waals surface area contributed by atoms with E-state index in [9.17, 15) is 9.18 Å². The second kappa shape index (κ2) is 7.03. The van der Waals surface area contributed by atoms with Crippen LogP contribution >= 0.6 is 0 Å². The Bertz CT molecular complexity index is 496. The van der Waals surface area contributed by atoms with Crippen molar-refractivity contribution in [3.05, 3.63) is 35.1 Å². The van der Waals surface area contributed by atoms with Gasteiger partial charge in [0.05, 0.1) is 0 Å². The molecule has 0 saturated carbocycles. The minimum absolute atomic E-state index is 0.0624. The van der Waals surface area contributed by atoms with Crippen molar-refractivity contribution in [3.8, 4) is 0 Å². The van der Waals surface area contributed by atoms with E-state index in [1.165, 1.54) is 12.1 Å². The first kappa shape index (κ1) is 16.0. The van der Waals surface area contributed by atoms with E-state index in [0.717, 1.165) is 38.0 Å². The van der Waals surface area contributed by atoms with Crippen LogP contribution < -0.4 is 5.32 Å². The molecule has 1 aromatic carbocycles. The third-order valence-corrected chi connectivity index (χ3v) is 4.17. The lowest BCUT2D eigenvalue weighted by atomic mass is 9.97. The Morgan fingerprint density at radius 1 is 1.48 bits per heavy atom. The molecule has 3 nitrogen and oxygen atoms in total. The first-order valence-electron chi connectivity index (χ1n) is 7.77. The topological polar surface area (TPSA) is 32.3 Å². The van der Waals surface area contributed by atoms with Crippen molar-refractivity contribution in [2.24, 2.45) is 5.92 Å². The highest BCUT2D eigenvalue weighted by molar-refractivity contribution is 5.95. The first-order valence-corrected chi connectivity index (χ1v) is 7.77. The predicted molar refractivity (Wildman–Crippen MR) is 82.9 cm³/mol. The summed E-state index contributed by atoms with van der Waals surface area (Å²) < 4.78 is 13.4. The van der Waals surface area contributed by atoms with Crippen LogP contribution in [0.15, 0.2) is 18.2 Å². The van der Waals surface area contributed by atoms with Crippen molar-refractivity contribution in [2.75, 3.05) is 19.6 Å². The molecule has 1 aliphatic rings. The Morgan fingerprint density at radius 3 is 2.86 bits per heavy atom. The number of nitrogens with one attached hydrogen (secondary N) is 1. The van der Waals surface area contributed by atoms with E-state index in [1.807, 2.05) is 25.7 Å². The number of hydrogen-bond acceptors (Lipinski definition) is 2. The number of carbonyl (C=O) groups is 1. The fourth-order valence-electron chi connectivity index (χ4n) is 2.87. The summed E-state index contributed by atoms with van der Waals surface area (Å²) in [5.41, 5.74) is 1.31. The molecule has 4 heteroatoms. The van der Waals surface area contributed by atoms with E-state index >= 15 is 0 Å². The van der Waals surface area contributed by atoms with Gasteiger partial charge in [-0.3, -0.25) is 4.79 Å². The molecule has 1 atom stereocenters. The maximum absolute atomic E-state index is 13.4. The number of halogens is 1. The molecule has 1 saturated heterocycles. The number of piperidine rings is 1. The molecule has 21 heavy (non-hydrogen) atoms. The Kier molecular flexibility index (Phi) is 5.34. The third-order valence-electron chi connectivity index (χ3n) is 4.17. The maximum Gasteiger partial charge on any atom is 0.254 e. The standard InChI is InChI=1S/C17H25FN2O/c1-12(2)20(11-14-5-4-8-19-10-14)17(21)16-9-15(18)7-6-13(16)3/h6-7,9,12,14,19H,4-5,8,10-11H2,1-3H3. The minimum atomic E-state index is -0.355. The molecule has 1 amide bonds.